The molecule has 1 heterocycles. The number of nitrogens with zero attached hydrogens (tertiary/aromatic N) is 1. The Balaban J connectivity index is 2.59. The molecule has 0 radical (unpaired) electrons. The number of carboxylic acid groups (broad SMARTS) is 1. The first-order valence-corrected chi connectivity index (χ1v) is 4.27. The van der Waals surface area contributed by atoms with Crippen molar-refractivity contribution in [3.05, 3.63) is 11.6 Å². The van der Waals surface area contributed by atoms with Crippen LogP contribution in [0.5, 0.6) is 0 Å². The summed E-state index contributed by atoms with van der Waals surface area (Å²) >= 11 is 0. The van der Waals surface area contributed by atoms with Crippen molar-refractivity contribution < 1.29 is 9.90 Å². The van der Waals surface area contributed by atoms with E-state index in [1.54, 1.807) is 0 Å². The second-order valence-corrected chi connectivity index (χ2v) is 3.39. The predicted octanol–water partition coefficient (Wildman–Crippen LogP) is 1.11. The van der Waals surface area contributed by atoms with E-state index in [-0.39, 0.29) is 0 Å². The van der Waals surface area contributed by atoms with E-state index in [1.807, 2.05) is 6.08 Å². The lowest BCUT2D eigenvalue weighted by atomic mass is 10.1. The molecular formula is C9H15NO2. The van der Waals surface area contributed by atoms with Gasteiger partial charge in [0.25, 0.3) is 0 Å². The van der Waals surface area contributed by atoms with Crippen LogP contribution < -0.4 is 0 Å². The van der Waals surface area contributed by atoms with E-state index in [4.69, 9.17) is 5.11 Å². The maximum absolute atomic E-state index is 10.6. The Morgan fingerprint density at radius 3 is 2.83 bits per heavy atom. The first-order valence-electron chi connectivity index (χ1n) is 4.27. The molecule has 0 amide bonds. The highest BCUT2D eigenvalue weighted by atomic mass is 16.4. The van der Waals surface area contributed by atoms with Crippen molar-refractivity contribution in [1.82, 2.24) is 4.90 Å². The monoisotopic (exact) mass is 169 g/mol. The molecular weight excluding hydrogens is 154 g/mol. The van der Waals surface area contributed by atoms with Crippen LogP contribution in [-0.2, 0) is 4.79 Å². The van der Waals surface area contributed by atoms with Crippen LogP contribution in [0.25, 0.3) is 0 Å². The van der Waals surface area contributed by atoms with Crippen molar-refractivity contribution >= 4 is 5.97 Å². The molecule has 0 aromatic carbocycles. The second kappa shape index (κ2) is 3.72. The lowest BCUT2D eigenvalue weighted by Gasteiger charge is -2.29. The van der Waals surface area contributed by atoms with Crippen LogP contribution >= 0.6 is 0 Å². The minimum Gasteiger partial charge on any atom is -0.478 e. The van der Waals surface area contributed by atoms with Gasteiger partial charge in [0.2, 0.25) is 0 Å². The summed E-state index contributed by atoms with van der Waals surface area (Å²) in [5, 5.41) is 8.74. The minimum absolute atomic E-state index is 0.438. The van der Waals surface area contributed by atoms with Gasteiger partial charge in [-0.05, 0) is 20.3 Å². The number of carboxylic acids is 1. The smallest absolute Gasteiger partial charge is 0.332 e. The molecule has 1 aliphatic heterocycles. The van der Waals surface area contributed by atoms with Gasteiger partial charge < -0.3 is 5.11 Å². The van der Waals surface area contributed by atoms with Gasteiger partial charge in [0.1, 0.15) is 0 Å². The molecule has 1 rings (SSSR count). The second-order valence-electron chi connectivity index (χ2n) is 3.39. The molecule has 0 bridgehead atoms. The third-order valence-corrected chi connectivity index (χ3v) is 2.19. The average molecular weight is 169 g/mol. The maximum Gasteiger partial charge on any atom is 0.332 e. The number of carbonyl (C=O) groups is 1. The zero-order chi connectivity index (χ0) is 9.14. The summed E-state index contributed by atoms with van der Waals surface area (Å²) in [6.07, 6.45) is 2.68. The van der Waals surface area contributed by atoms with Crippen molar-refractivity contribution in [2.45, 2.75) is 26.3 Å². The molecule has 0 aromatic rings. The molecule has 0 unspecified atom stereocenters. The van der Waals surface area contributed by atoms with Gasteiger partial charge >= 0.3 is 5.97 Å². The summed E-state index contributed by atoms with van der Waals surface area (Å²) in [5.41, 5.74) is 0.537. The van der Waals surface area contributed by atoms with E-state index in [0.717, 1.165) is 13.0 Å². The van der Waals surface area contributed by atoms with Gasteiger partial charge in [0.05, 0.1) is 0 Å². The highest BCUT2D eigenvalue weighted by Crippen LogP contribution is 2.12. The molecule has 0 aliphatic carbocycles. The van der Waals surface area contributed by atoms with E-state index >= 15 is 0 Å². The molecule has 68 valence electrons. The van der Waals surface area contributed by atoms with E-state index in [1.165, 1.54) is 0 Å². The van der Waals surface area contributed by atoms with Crippen LogP contribution in [0, 0.1) is 0 Å². The summed E-state index contributed by atoms with van der Waals surface area (Å²) in [7, 11) is 0. The molecule has 0 spiro atoms. The molecule has 3 nitrogen and oxygen atoms in total. The Kier molecular flexibility index (Phi) is 2.87. The standard InChI is InChI=1S/C9H15NO2/c1-7(2)10-5-3-4-8(6-10)9(11)12/h4,7H,3,5-6H2,1-2H3,(H,11,12). The SMILES string of the molecule is CC(C)N1CCC=C(C(=O)O)C1. The van der Waals surface area contributed by atoms with Gasteiger partial charge in [-0.2, -0.15) is 0 Å². The van der Waals surface area contributed by atoms with Gasteiger partial charge in [0.15, 0.2) is 0 Å². The fourth-order valence-corrected chi connectivity index (χ4v) is 1.36. The first-order chi connectivity index (χ1) is 5.61. The van der Waals surface area contributed by atoms with Gasteiger partial charge in [0, 0.05) is 24.7 Å². The Labute approximate surface area is 72.7 Å². The predicted molar refractivity (Wildman–Crippen MR) is 47.0 cm³/mol. The topological polar surface area (TPSA) is 40.5 Å². The summed E-state index contributed by atoms with van der Waals surface area (Å²) < 4.78 is 0. The van der Waals surface area contributed by atoms with Gasteiger partial charge in [-0.1, -0.05) is 6.08 Å². The Bertz CT molecular complexity index is 209. The van der Waals surface area contributed by atoms with Crippen LogP contribution in [0.15, 0.2) is 11.6 Å². The number of aliphatic carboxylic acids is 1. The Morgan fingerprint density at radius 1 is 1.67 bits per heavy atom. The average Bonchev–Trinajstić information content (AvgIpc) is 2.04. The van der Waals surface area contributed by atoms with Gasteiger partial charge in [-0.15, -0.1) is 0 Å². The summed E-state index contributed by atoms with van der Waals surface area (Å²) in [4.78, 5) is 12.8. The molecule has 0 fully saturated rings. The Morgan fingerprint density at radius 2 is 2.33 bits per heavy atom. The van der Waals surface area contributed by atoms with Crippen LogP contribution in [0.2, 0.25) is 0 Å². The highest BCUT2D eigenvalue weighted by Gasteiger charge is 2.18. The molecule has 1 aliphatic rings. The summed E-state index contributed by atoms with van der Waals surface area (Å²) in [5.74, 6) is -0.777. The quantitative estimate of drug-likeness (QED) is 0.673. The van der Waals surface area contributed by atoms with Crippen molar-refractivity contribution in [2.75, 3.05) is 13.1 Å². The lowest BCUT2D eigenvalue weighted by molar-refractivity contribution is -0.133. The lowest BCUT2D eigenvalue weighted by Crippen LogP contribution is -2.37. The third-order valence-electron chi connectivity index (χ3n) is 2.19. The fraction of sp³-hybridized carbons (Fsp3) is 0.667. The summed E-state index contributed by atoms with van der Waals surface area (Å²) in [6.45, 7) is 5.75. The minimum atomic E-state index is -0.777. The molecule has 0 saturated carbocycles. The number of rotatable bonds is 2. The molecule has 1 N–H and O–H groups in total. The third kappa shape index (κ3) is 2.08. The van der Waals surface area contributed by atoms with Crippen molar-refractivity contribution in [1.29, 1.82) is 0 Å². The molecule has 0 saturated heterocycles. The van der Waals surface area contributed by atoms with Gasteiger partial charge in [-0.25, -0.2) is 4.79 Å². The first kappa shape index (κ1) is 9.26. The van der Waals surface area contributed by atoms with Crippen molar-refractivity contribution in [3.63, 3.8) is 0 Å². The van der Waals surface area contributed by atoms with Crippen LogP contribution in [0.4, 0.5) is 0 Å². The molecule has 0 atom stereocenters. The Hall–Kier alpha value is -0.830. The van der Waals surface area contributed by atoms with Gasteiger partial charge in [-0.3, -0.25) is 4.90 Å². The van der Waals surface area contributed by atoms with E-state index in [0.29, 0.717) is 18.2 Å². The number of hydrogen-bond acceptors (Lipinski definition) is 2. The van der Waals surface area contributed by atoms with Crippen LogP contribution in [-0.4, -0.2) is 35.1 Å². The molecule has 0 aromatic heterocycles. The normalized spacial score (nSPS) is 19.4. The summed E-state index contributed by atoms with van der Waals surface area (Å²) in [6, 6.07) is 0.438. The molecule has 12 heavy (non-hydrogen) atoms. The van der Waals surface area contributed by atoms with Crippen LogP contribution in [0.3, 0.4) is 0 Å². The van der Waals surface area contributed by atoms with Crippen molar-refractivity contribution in [3.8, 4) is 0 Å². The maximum atomic E-state index is 10.6. The van der Waals surface area contributed by atoms with Crippen LogP contribution in [0.1, 0.15) is 20.3 Å². The number of hydrogen-bond donors (Lipinski definition) is 1. The van der Waals surface area contributed by atoms with E-state index < -0.39 is 5.97 Å². The van der Waals surface area contributed by atoms with E-state index in [2.05, 4.69) is 18.7 Å². The van der Waals surface area contributed by atoms with Crippen molar-refractivity contribution in [2.24, 2.45) is 0 Å². The zero-order valence-electron chi connectivity index (χ0n) is 7.58. The largest absolute Gasteiger partial charge is 0.478 e. The van der Waals surface area contributed by atoms with E-state index in [9.17, 15) is 4.79 Å². The zero-order valence-corrected chi connectivity index (χ0v) is 7.58. The highest BCUT2D eigenvalue weighted by molar-refractivity contribution is 5.87. The fourth-order valence-electron chi connectivity index (χ4n) is 1.36. The molecule has 3 heteroatoms.